The number of amides is 1. The summed E-state index contributed by atoms with van der Waals surface area (Å²) in [6.45, 7) is -2.99. The zero-order valence-corrected chi connectivity index (χ0v) is 15.8. The molecule has 0 bridgehead atoms. The molecule has 0 radical (unpaired) electrons. The normalized spacial score (nSPS) is 11.0. The van der Waals surface area contributed by atoms with Crippen LogP contribution in [0, 0.1) is 0 Å². The molecule has 9 heteroatoms. The average molecular weight is 416 g/mol. The standard InChI is InChI=1S/C20H14F2N2O4S/c1-26-17-9-12(6-7-15(17)28-19(21)22)18(25)24-20-23-13(10-29-20)16-8-11-4-2-3-5-14(11)27-16/h2-10,19H,1H3,(H,23,24,25). The first-order chi connectivity index (χ1) is 14.0. The number of thiazole rings is 1. The van der Waals surface area contributed by atoms with E-state index < -0.39 is 12.5 Å². The number of nitrogens with one attached hydrogen (secondary N) is 1. The minimum atomic E-state index is -2.99. The molecule has 6 nitrogen and oxygen atoms in total. The van der Waals surface area contributed by atoms with E-state index in [2.05, 4.69) is 15.0 Å². The van der Waals surface area contributed by atoms with Gasteiger partial charge >= 0.3 is 6.61 Å². The van der Waals surface area contributed by atoms with Crippen LogP contribution in [0.4, 0.5) is 13.9 Å². The number of carbonyl (C=O) groups excluding carboxylic acids is 1. The van der Waals surface area contributed by atoms with Crippen LogP contribution in [0.3, 0.4) is 0 Å². The van der Waals surface area contributed by atoms with Crippen molar-refractivity contribution in [3.63, 3.8) is 0 Å². The first-order valence-corrected chi connectivity index (χ1v) is 9.30. The van der Waals surface area contributed by atoms with Crippen LogP contribution in [-0.4, -0.2) is 24.6 Å². The summed E-state index contributed by atoms with van der Waals surface area (Å²) in [7, 11) is 1.30. The smallest absolute Gasteiger partial charge is 0.387 e. The molecule has 0 saturated carbocycles. The lowest BCUT2D eigenvalue weighted by Crippen LogP contribution is -2.12. The summed E-state index contributed by atoms with van der Waals surface area (Å²) in [6.07, 6.45) is 0. The van der Waals surface area contributed by atoms with Gasteiger partial charge in [-0.05, 0) is 30.3 Å². The van der Waals surface area contributed by atoms with E-state index in [1.165, 1.54) is 36.6 Å². The number of ether oxygens (including phenoxy) is 2. The lowest BCUT2D eigenvalue weighted by molar-refractivity contribution is -0.0512. The number of aromatic nitrogens is 1. The van der Waals surface area contributed by atoms with Crippen molar-refractivity contribution in [2.45, 2.75) is 6.61 Å². The summed E-state index contributed by atoms with van der Waals surface area (Å²) in [5.41, 5.74) is 1.56. The number of hydrogen-bond acceptors (Lipinski definition) is 6. The molecule has 4 rings (SSSR count). The van der Waals surface area contributed by atoms with Crippen LogP contribution in [-0.2, 0) is 0 Å². The second kappa shape index (κ2) is 7.88. The Morgan fingerprint density at radius 3 is 2.76 bits per heavy atom. The van der Waals surface area contributed by atoms with Gasteiger partial charge in [0, 0.05) is 16.3 Å². The van der Waals surface area contributed by atoms with Gasteiger partial charge in [0.2, 0.25) is 0 Å². The van der Waals surface area contributed by atoms with Gasteiger partial charge in [-0.1, -0.05) is 18.2 Å². The van der Waals surface area contributed by atoms with Crippen molar-refractivity contribution in [1.29, 1.82) is 0 Å². The minimum absolute atomic E-state index is 0.0278. The monoisotopic (exact) mass is 416 g/mol. The van der Waals surface area contributed by atoms with Gasteiger partial charge in [-0.2, -0.15) is 8.78 Å². The Bertz CT molecular complexity index is 1140. The Balaban J connectivity index is 1.52. The summed E-state index contributed by atoms with van der Waals surface area (Å²) < 4.78 is 40.0. The molecular formula is C20H14F2N2O4S. The van der Waals surface area contributed by atoms with E-state index >= 15 is 0 Å². The summed E-state index contributed by atoms with van der Waals surface area (Å²) >= 11 is 1.24. The number of para-hydroxylation sites is 1. The summed E-state index contributed by atoms with van der Waals surface area (Å²) in [5, 5.41) is 5.78. The van der Waals surface area contributed by atoms with Crippen LogP contribution >= 0.6 is 11.3 Å². The number of rotatable bonds is 6. The fraction of sp³-hybridized carbons (Fsp3) is 0.100. The lowest BCUT2D eigenvalue weighted by atomic mass is 10.2. The number of furan rings is 1. The number of benzene rings is 2. The predicted octanol–water partition coefficient (Wildman–Crippen LogP) is 5.42. The number of alkyl halides is 2. The number of methoxy groups -OCH3 is 1. The van der Waals surface area contributed by atoms with E-state index in [0.29, 0.717) is 16.6 Å². The highest BCUT2D eigenvalue weighted by Gasteiger charge is 2.16. The molecule has 0 aliphatic heterocycles. The lowest BCUT2D eigenvalue weighted by Gasteiger charge is -2.11. The van der Waals surface area contributed by atoms with Crippen LogP contribution in [0.15, 0.2) is 58.3 Å². The third-order valence-corrected chi connectivity index (χ3v) is 4.80. The van der Waals surface area contributed by atoms with E-state index in [0.717, 1.165) is 11.0 Å². The average Bonchev–Trinajstić information content (AvgIpc) is 3.34. The molecule has 0 unspecified atom stereocenters. The zero-order valence-electron chi connectivity index (χ0n) is 15.0. The molecule has 0 aliphatic rings. The van der Waals surface area contributed by atoms with Gasteiger partial charge in [0.25, 0.3) is 5.91 Å². The van der Waals surface area contributed by atoms with Crippen LogP contribution in [0.1, 0.15) is 10.4 Å². The summed E-state index contributed by atoms with van der Waals surface area (Å²) in [5.74, 6) is 0.0102. The molecule has 1 amide bonds. The van der Waals surface area contributed by atoms with Crippen molar-refractivity contribution >= 4 is 33.3 Å². The Hall–Kier alpha value is -3.46. The molecule has 2 heterocycles. The molecule has 148 valence electrons. The number of nitrogens with zero attached hydrogens (tertiary/aromatic N) is 1. The quantitative estimate of drug-likeness (QED) is 0.454. The van der Waals surface area contributed by atoms with Crippen molar-refractivity contribution < 1.29 is 27.5 Å². The van der Waals surface area contributed by atoms with Crippen molar-refractivity contribution in [2.24, 2.45) is 0 Å². The topological polar surface area (TPSA) is 73.6 Å². The maximum absolute atomic E-state index is 12.5. The van der Waals surface area contributed by atoms with Gasteiger partial charge in [-0.25, -0.2) is 4.98 Å². The third kappa shape index (κ3) is 4.04. The highest BCUT2D eigenvalue weighted by atomic mass is 32.1. The van der Waals surface area contributed by atoms with E-state index in [-0.39, 0.29) is 17.1 Å². The first-order valence-electron chi connectivity index (χ1n) is 8.42. The number of halogens is 2. The Morgan fingerprint density at radius 1 is 1.17 bits per heavy atom. The third-order valence-electron chi connectivity index (χ3n) is 4.04. The molecule has 1 N–H and O–H groups in total. The van der Waals surface area contributed by atoms with Crippen molar-refractivity contribution in [3.8, 4) is 23.0 Å². The number of anilines is 1. The fourth-order valence-corrected chi connectivity index (χ4v) is 3.42. The van der Waals surface area contributed by atoms with Gasteiger partial charge in [-0.3, -0.25) is 10.1 Å². The van der Waals surface area contributed by atoms with Crippen LogP contribution in [0.5, 0.6) is 11.5 Å². The van der Waals surface area contributed by atoms with Crippen molar-refractivity contribution in [1.82, 2.24) is 4.98 Å². The van der Waals surface area contributed by atoms with Crippen LogP contribution < -0.4 is 14.8 Å². The van der Waals surface area contributed by atoms with E-state index in [9.17, 15) is 13.6 Å². The molecular weight excluding hydrogens is 402 g/mol. The molecule has 0 aliphatic carbocycles. The first kappa shape index (κ1) is 18.9. The van der Waals surface area contributed by atoms with E-state index in [1.807, 2.05) is 30.3 Å². The minimum Gasteiger partial charge on any atom is -0.493 e. The van der Waals surface area contributed by atoms with E-state index in [4.69, 9.17) is 9.15 Å². The number of hydrogen-bond donors (Lipinski definition) is 1. The van der Waals surface area contributed by atoms with Gasteiger partial charge < -0.3 is 13.9 Å². The van der Waals surface area contributed by atoms with Crippen molar-refractivity contribution in [3.05, 3.63) is 59.5 Å². The highest BCUT2D eigenvalue weighted by Crippen LogP contribution is 2.32. The number of carbonyl (C=O) groups is 1. The van der Waals surface area contributed by atoms with Crippen LogP contribution in [0.25, 0.3) is 22.4 Å². The Morgan fingerprint density at radius 2 is 2.00 bits per heavy atom. The van der Waals surface area contributed by atoms with Gasteiger partial charge in [0.15, 0.2) is 22.4 Å². The molecule has 0 fully saturated rings. The Labute approximate surface area is 167 Å². The molecule has 0 saturated heterocycles. The maximum Gasteiger partial charge on any atom is 0.387 e. The Kier molecular flexibility index (Phi) is 5.13. The van der Waals surface area contributed by atoms with Gasteiger partial charge in [0.05, 0.1) is 7.11 Å². The summed E-state index contributed by atoms with van der Waals surface area (Å²) in [6, 6.07) is 13.4. The molecule has 0 spiro atoms. The molecule has 0 atom stereocenters. The van der Waals surface area contributed by atoms with E-state index in [1.54, 1.807) is 5.38 Å². The number of fused-ring (bicyclic) bond motifs is 1. The predicted molar refractivity (Wildman–Crippen MR) is 105 cm³/mol. The molecule has 2 aromatic heterocycles. The zero-order chi connectivity index (χ0) is 20.4. The molecule has 2 aromatic carbocycles. The van der Waals surface area contributed by atoms with Crippen molar-refractivity contribution in [2.75, 3.05) is 12.4 Å². The maximum atomic E-state index is 12.5. The van der Waals surface area contributed by atoms with Crippen LogP contribution in [0.2, 0.25) is 0 Å². The fourth-order valence-electron chi connectivity index (χ4n) is 2.72. The second-order valence-electron chi connectivity index (χ2n) is 5.88. The molecule has 29 heavy (non-hydrogen) atoms. The highest BCUT2D eigenvalue weighted by molar-refractivity contribution is 7.14. The summed E-state index contributed by atoms with van der Waals surface area (Å²) in [4.78, 5) is 16.9. The SMILES string of the molecule is COc1cc(C(=O)Nc2nc(-c3cc4ccccc4o3)cs2)ccc1OC(F)F. The molecule has 4 aromatic rings. The van der Waals surface area contributed by atoms with Gasteiger partial charge in [-0.15, -0.1) is 11.3 Å². The largest absolute Gasteiger partial charge is 0.493 e. The van der Waals surface area contributed by atoms with Gasteiger partial charge in [0.1, 0.15) is 11.3 Å². The second-order valence-corrected chi connectivity index (χ2v) is 6.74.